The van der Waals surface area contributed by atoms with Gasteiger partial charge in [0.1, 0.15) is 0 Å². The molecule has 0 radical (unpaired) electrons. The van der Waals surface area contributed by atoms with Gasteiger partial charge in [0.2, 0.25) is 5.91 Å². The Labute approximate surface area is 120 Å². The molecule has 0 aliphatic heterocycles. The molecule has 0 aliphatic carbocycles. The van der Waals surface area contributed by atoms with Gasteiger partial charge >= 0.3 is 0 Å². The number of rotatable bonds is 5. The average Bonchev–Trinajstić information content (AvgIpc) is 2.37. The van der Waals surface area contributed by atoms with Crippen molar-refractivity contribution in [2.75, 3.05) is 19.4 Å². The van der Waals surface area contributed by atoms with Crippen molar-refractivity contribution >= 4 is 17.5 Å². The number of anilines is 1. The quantitative estimate of drug-likeness (QED) is 0.860. The molecule has 0 fully saturated rings. The van der Waals surface area contributed by atoms with Crippen molar-refractivity contribution in [2.45, 2.75) is 26.3 Å². The third kappa shape index (κ3) is 4.66. The Hall–Kier alpha value is -1.88. The van der Waals surface area contributed by atoms with Crippen molar-refractivity contribution in [3.05, 3.63) is 29.8 Å². The molecule has 0 aliphatic rings. The van der Waals surface area contributed by atoms with Gasteiger partial charge in [-0.05, 0) is 36.6 Å². The number of carbonyl (C=O) groups is 2. The lowest BCUT2D eigenvalue weighted by atomic mass is 10.0. The minimum atomic E-state index is -0.516. The Morgan fingerprint density at radius 1 is 1.20 bits per heavy atom. The highest BCUT2D eigenvalue weighted by molar-refractivity contribution is 5.96. The number of nitrogens with two attached hydrogens (primary N) is 1. The molecule has 1 aromatic rings. The second-order valence-electron chi connectivity index (χ2n) is 5.50. The molecular formula is C15H23N3O2. The van der Waals surface area contributed by atoms with E-state index < -0.39 is 6.04 Å². The van der Waals surface area contributed by atoms with E-state index >= 15 is 0 Å². The third-order valence-corrected chi connectivity index (χ3v) is 2.87. The minimum Gasteiger partial charge on any atom is -0.345 e. The molecule has 0 aromatic heterocycles. The van der Waals surface area contributed by atoms with E-state index in [-0.39, 0.29) is 11.8 Å². The first-order chi connectivity index (χ1) is 9.31. The fraction of sp³-hybridized carbons (Fsp3) is 0.467. The maximum Gasteiger partial charge on any atom is 0.253 e. The van der Waals surface area contributed by atoms with E-state index in [9.17, 15) is 9.59 Å². The number of nitrogens with one attached hydrogen (secondary N) is 1. The molecule has 1 aromatic carbocycles. The van der Waals surface area contributed by atoms with Gasteiger partial charge in [-0.15, -0.1) is 0 Å². The largest absolute Gasteiger partial charge is 0.345 e. The van der Waals surface area contributed by atoms with Crippen molar-refractivity contribution < 1.29 is 9.59 Å². The summed E-state index contributed by atoms with van der Waals surface area (Å²) in [7, 11) is 3.39. The van der Waals surface area contributed by atoms with Crippen LogP contribution in [0.15, 0.2) is 24.3 Å². The first-order valence-electron chi connectivity index (χ1n) is 6.69. The Balaban J connectivity index is 2.66. The van der Waals surface area contributed by atoms with Gasteiger partial charge in [0.25, 0.3) is 5.91 Å². The predicted octanol–water partition coefficient (Wildman–Crippen LogP) is 1.70. The van der Waals surface area contributed by atoms with Gasteiger partial charge in [0, 0.05) is 25.3 Å². The molecule has 0 heterocycles. The second kappa shape index (κ2) is 7.05. The zero-order chi connectivity index (χ0) is 15.3. The lowest BCUT2D eigenvalue weighted by Gasteiger charge is -2.14. The normalized spacial score (nSPS) is 12.1. The van der Waals surface area contributed by atoms with Crippen LogP contribution in [-0.4, -0.2) is 36.9 Å². The third-order valence-electron chi connectivity index (χ3n) is 2.87. The molecule has 1 atom stereocenters. The Kier molecular flexibility index (Phi) is 5.70. The molecule has 0 bridgehead atoms. The Morgan fingerprint density at radius 3 is 2.20 bits per heavy atom. The van der Waals surface area contributed by atoms with Gasteiger partial charge in [-0.1, -0.05) is 13.8 Å². The van der Waals surface area contributed by atoms with Crippen LogP contribution < -0.4 is 11.1 Å². The van der Waals surface area contributed by atoms with Crippen LogP contribution in [0.1, 0.15) is 30.6 Å². The lowest BCUT2D eigenvalue weighted by Crippen LogP contribution is -2.36. The van der Waals surface area contributed by atoms with Crippen LogP contribution in [0.5, 0.6) is 0 Å². The lowest BCUT2D eigenvalue weighted by molar-refractivity contribution is -0.117. The van der Waals surface area contributed by atoms with Crippen molar-refractivity contribution in [1.29, 1.82) is 0 Å². The second-order valence-corrected chi connectivity index (χ2v) is 5.50. The summed E-state index contributed by atoms with van der Waals surface area (Å²) in [6.45, 7) is 4.05. The van der Waals surface area contributed by atoms with Gasteiger partial charge in [-0.2, -0.15) is 0 Å². The number of benzene rings is 1. The highest BCUT2D eigenvalue weighted by atomic mass is 16.2. The molecule has 3 N–H and O–H groups in total. The topological polar surface area (TPSA) is 75.4 Å². The van der Waals surface area contributed by atoms with Gasteiger partial charge in [-0.3, -0.25) is 9.59 Å². The first kappa shape index (κ1) is 16.2. The van der Waals surface area contributed by atoms with Crippen molar-refractivity contribution in [1.82, 2.24) is 4.90 Å². The summed E-state index contributed by atoms with van der Waals surface area (Å²) >= 11 is 0. The van der Waals surface area contributed by atoms with E-state index in [0.29, 0.717) is 23.6 Å². The SMILES string of the molecule is CC(C)C[C@H](N)C(=O)Nc1ccc(C(=O)N(C)C)cc1. The smallest absolute Gasteiger partial charge is 0.253 e. The summed E-state index contributed by atoms with van der Waals surface area (Å²) in [6, 6.07) is 6.27. The van der Waals surface area contributed by atoms with Crippen LogP contribution in [0, 0.1) is 5.92 Å². The van der Waals surface area contributed by atoms with Crippen LogP contribution in [-0.2, 0) is 4.79 Å². The fourth-order valence-corrected chi connectivity index (χ4v) is 1.80. The molecule has 110 valence electrons. The maximum atomic E-state index is 11.9. The fourth-order valence-electron chi connectivity index (χ4n) is 1.80. The number of nitrogens with zero attached hydrogens (tertiary/aromatic N) is 1. The molecule has 5 heteroatoms. The van der Waals surface area contributed by atoms with E-state index in [4.69, 9.17) is 5.73 Å². The molecule has 0 saturated carbocycles. The Morgan fingerprint density at radius 2 is 1.75 bits per heavy atom. The number of amides is 2. The molecule has 20 heavy (non-hydrogen) atoms. The van der Waals surface area contributed by atoms with Crippen LogP contribution in [0.25, 0.3) is 0 Å². The zero-order valence-electron chi connectivity index (χ0n) is 12.5. The van der Waals surface area contributed by atoms with Crippen LogP contribution in [0.2, 0.25) is 0 Å². The zero-order valence-corrected chi connectivity index (χ0v) is 12.5. The van der Waals surface area contributed by atoms with Crippen LogP contribution >= 0.6 is 0 Å². The van der Waals surface area contributed by atoms with E-state index in [2.05, 4.69) is 5.32 Å². The highest BCUT2D eigenvalue weighted by Crippen LogP contribution is 2.12. The molecule has 0 spiro atoms. The summed E-state index contributed by atoms with van der Waals surface area (Å²) in [5, 5.41) is 2.75. The number of hydrogen-bond acceptors (Lipinski definition) is 3. The van der Waals surface area contributed by atoms with E-state index in [1.165, 1.54) is 4.90 Å². The minimum absolute atomic E-state index is 0.0700. The van der Waals surface area contributed by atoms with Crippen molar-refractivity contribution in [2.24, 2.45) is 11.7 Å². The van der Waals surface area contributed by atoms with Gasteiger partial charge in [0.15, 0.2) is 0 Å². The monoisotopic (exact) mass is 277 g/mol. The first-order valence-corrected chi connectivity index (χ1v) is 6.69. The van der Waals surface area contributed by atoms with E-state index in [1.807, 2.05) is 13.8 Å². The number of hydrogen-bond donors (Lipinski definition) is 2. The maximum absolute atomic E-state index is 11.9. The standard InChI is InChI=1S/C15H23N3O2/c1-10(2)9-13(16)14(19)17-12-7-5-11(6-8-12)15(20)18(3)4/h5-8,10,13H,9,16H2,1-4H3,(H,17,19)/t13-/m0/s1. The average molecular weight is 277 g/mol. The molecule has 0 unspecified atom stereocenters. The highest BCUT2D eigenvalue weighted by Gasteiger charge is 2.15. The van der Waals surface area contributed by atoms with Crippen molar-refractivity contribution in [3.8, 4) is 0 Å². The summed E-state index contributed by atoms with van der Waals surface area (Å²) in [4.78, 5) is 25.1. The molecule has 1 rings (SSSR count). The van der Waals surface area contributed by atoms with E-state index in [1.54, 1.807) is 38.4 Å². The summed E-state index contributed by atoms with van der Waals surface area (Å²) in [5.41, 5.74) is 7.04. The van der Waals surface area contributed by atoms with Crippen LogP contribution in [0.4, 0.5) is 5.69 Å². The van der Waals surface area contributed by atoms with Gasteiger partial charge < -0.3 is 16.0 Å². The van der Waals surface area contributed by atoms with Gasteiger partial charge in [0.05, 0.1) is 6.04 Å². The summed E-state index contributed by atoms with van der Waals surface area (Å²) in [5.74, 6) is 0.0978. The predicted molar refractivity (Wildman–Crippen MR) is 80.5 cm³/mol. The van der Waals surface area contributed by atoms with Gasteiger partial charge in [-0.25, -0.2) is 0 Å². The number of carbonyl (C=O) groups excluding carboxylic acids is 2. The van der Waals surface area contributed by atoms with Crippen LogP contribution in [0.3, 0.4) is 0 Å². The molecular weight excluding hydrogens is 254 g/mol. The summed E-state index contributed by atoms with van der Waals surface area (Å²) < 4.78 is 0. The summed E-state index contributed by atoms with van der Waals surface area (Å²) in [6.07, 6.45) is 0.642. The molecule has 0 saturated heterocycles. The molecule has 5 nitrogen and oxygen atoms in total. The van der Waals surface area contributed by atoms with E-state index in [0.717, 1.165) is 0 Å². The van der Waals surface area contributed by atoms with Crippen molar-refractivity contribution in [3.63, 3.8) is 0 Å². The Bertz CT molecular complexity index is 467. The molecule has 2 amide bonds.